The van der Waals surface area contributed by atoms with Gasteiger partial charge < -0.3 is 14.8 Å². The number of carboxylic acid groups (broad SMARTS) is 1. The first-order valence-electron chi connectivity index (χ1n) is 8.25. The zero-order valence-electron chi connectivity index (χ0n) is 14.2. The number of aromatic nitrogens is 3. The van der Waals surface area contributed by atoms with Gasteiger partial charge in [-0.05, 0) is 30.3 Å². The van der Waals surface area contributed by atoms with Gasteiger partial charge in [-0.25, -0.2) is 9.78 Å². The van der Waals surface area contributed by atoms with E-state index in [2.05, 4.69) is 14.9 Å². The molecule has 0 aliphatic rings. The molecule has 0 atom stereocenters. The van der Waals surface area contributed by atoms with Crippen LogP contribution in [0.15, 0.2) is 48.2 Å². The second-order valence-corrected chi connectivity index (χ2v) is 8.65. The third-order valence-corrected chi connectivity index (χ3v) is 6.88. The number of halogens is 1. The fourth-order valence-corrected chi connectivity index (χ4v) is 5.35. The minimum Gasteiger partial charge on any atom is -0.508 e. The van der Waals surface area contributed by atoms with Crippen LogP contribution in [0, 0.1) is 0 Å². The van der Waals surface area contributed by atoms with E-state index < -0.39 is 5.97 Å². The van der Waals surface area contributed by atoms with Crippen LogP contribution in [-0.4, -0.2) is 30.1 Å². The minimum absolute atomic E-state index is 0.0970. The van der Waals surface area contributed by atoms with Gasteiger partial charge in [-0.3, -0.25) is 4.40 Å². The van der Waals surface area contributed by atoms with Crippen LogP contribution in [0.5, 0.6) is 5.75 Å². The van der Waals surface area contributed by atoms with Crippen molar-refractivity contribution in [2.75, 3.05) is 0 Å². The van der Waals surface area contributed by atoms with Crippen LogP contribution in [0.4, 0.5) is 0 Å². The molecule has 0 spiro atoms. The number of nitrogens with zero attached hydrogens (tertiary/aromatic N) is 3. The fourth-order valence-electron chi connectivity index (χ4n) is 3.30. The lowest BCUT2D eigenvalue weighted by Crippen LogP contribution is -2.04. The van der Waals surface area contributed by atoms with E-state index in [-0.39, 0.29) is 5.75 Å². The molecule has 5 aromatic rings. The van der Waals surface area contributed by atoms with Crippen molar-refractivity contribution in [3.05, 3.63) is 63.8 Å². The maximum Gasteiger partial charge on any atom is 0.345 e. The second-order valence-electron chi connectivity index (χ2n) is 6.27. The molecule has 4 heterocycles. The molecule has 0 fully saturated rings. The number of aromatic hydroxyl groups is 1. The highest BCUT2D eigenvalue weighted by Crippen LogP contribution is 2.38. The summed E-state index contributed by atoms with van der Waals surface area (Å²) in [6, 6.07) is 8.50. The van der Waals surface area contributed by atoms with E-state index in [1.54, 1.807) is 35.9 Å². The van der Waals surface area contributed by atoms with Crippen LogP contribution in [-0.2, 0) is 6.54 Å². The fraction of sp³-hybridized carbons (Fsp3) is 0.0526. The molecule has 0 unspecified atom stereocenters. The number of thiazole rings is 1. The van der Waals surface area contributed by atoms with Crippen LogP contribution < -0.4 is 0 Å². The molecule has 140 valence electrons. The van der Waals surface area contributed by atoms with Gasteiger partial charge in [0.25, 0.3) is 0 Å². The van der Waals surface area contributed by atoms with Crippen LogP contribution in [0.25, 0.3) is 26.3 Å². The Kier molecular flexibility index (Phi) is 3.94. The average molecular weight is 430 g/mol. The quantitative estimate of drug-likeness (QED) is 0.412. The lowest BCUT2D eigenvalue weighted by molar-refractivity contribution is 0.0702. The van der Waals surface area contributed by atoms with Gasteiger partial charge in [-0.2, -0.15) is 0 Å². The van der Waals surface area contributed by atoms with E-state index >= 15 is 0 Å². The van der Waals surface area contributed by atoms with Crippen LogP contribution in [0.2, 0.25) is 5.02 Å². The molecule has 9 heteroatoms. The zero-order valence-corrected chi connectivity index (χ0v) is 16.6. The lowest BCUT2D eigenvalue weighted by Gasteiger charge is -2.12. The summed E-state index contributed by atoms with van der Waals surface area (Å²) in [5.74, 6) is -0.843. The van der Waals surface area contributed by atoms with Crippen molar-refractivity contribution in [1.82, 2.24) is 14.0 Å². The molecule has 1 aromatic carbocycles. The first kappa shape index (κ1) is 17.3. The number of benzene rings is 1. The molecule has 6 nitrogen and oxygen atoms in total. The first-order chi connectivity index (χ1) is 13.5. The van der Waals surface area contributed by atoms with E-state index in [0.29, 0.717) is 16.4 Å². The molecular formula is C19H12ClN3O3S2. The summed E-state index contributed by atoms with van der Waals surface area (Å²) in [7, 11) is 0. The third kappa shape index (κ3) is 2.69. The standard InChI is InChI=1S/C19H12ClN3O3S2/c20-13-3-11(24)1-2-12(13)14-4-16-15(5-17(28-16)19(25)26)22(14)7-10-8-27-18-6-21-9-23(10)18/h1-6,8-9,24H,7H2,(H,25,26). The Labute approximate surface area is 171 Å². The predicted molar refractivity (Wildman–Crippen MR) is 111 cm³/mol. The molecule has 0 saturated carbocycles. The summed E-state index contributed by atoms with van der Waals surface area (Å²) in [4.78, 5) is 16.9. The van der Waals surface area contributed by atoms with Crippen molar-refractivity contribution in [3.63, 3.8) is 0 Å². The van der Waals surface area contributed by atoms with E-state index in [1.807, 2.05) is 16.7 Å². The summed E-state index contributed by atoms with van der Waals surface area (Å²) >= 11 is 9.23. The molecule has 0 radical (unpaired) electrons. The molecule has 0 saturated heterocycles. The molecule has 2 N–H and O–H groups in total. The summed E-state index contributed by atoms with van der Waals surface area (Å²) in [6.45, 7) is 0.530. The Morgan fingerprint density at radius 2 is 2.11 bits per heavy atom. The number of thiophene rings is 1. The Balaban J connectivity index is 1.73. The van der Waals surface area contributed by atoms with Gasteiger partial charge in [0, 0.05) is 10.9 Å². The molecule has 0 aliphatic heterocycles. The van der Waals surface area contributed by atoms with Crippen molar-refractivity contribution in [2.45, 2.75) is 6.54 Å². The maximum absolute atomic E-state index is 11.4. The largest absolute Gasteiger partial charge is 0.508 e. The van der Waals surface area contributed by atoms with Crippen LogP contribution in [0.1, 0.15) is 15.4 Å². The maximum atomic E-state index is 11.4. The van der Waals surface area contributed by atoms with Gasteiger partial charge in [-0.1, -0.05) is 11.6 Å². The molecular weight excluding hydrogens is 418 g/mol. The topological polar surface area (TPSA) is 79.8 Å². The number of hydrogen-bond acceptors (Lipinski definition) is 5. The van der Waals surface area contributed by atoms with Gasteiger partial charge in [0.2, 0.25) is 0 Å². The van der Waals surface area contributed by atoms with Crippen molar-refractivity contribution in [1.29, 1.82) is 0 Å². The van der Waals surface area contributed by atoms with E-state index in [4.69, 9.17) is 11.6 Å². The van der Waals surface area contributed by atoms with Gasteiger partial charge in [-0.15, -0.1) is 22.7 Å². The summed E-state index contributed by atoms with van der Waals surface area (Å²) in [5, 5.41) is 21.6. The monoisotopic (exact) mass is 429 g/mol. The Morgan fingerprint density at radius 3 is 2.89 bits per heavy atom. The van der Waals surface area contributed by atoms with E-state index in [0.717, 1.165) is 32.0 Å². The molecule has 4 aromatic heterocycles. The highest BCUT2D eigenvalue weighted by Gasteiger charge is 2.19. The van der Waals surface area contributed by atoms with Crippen LogP contribution in [0.3, 0.4) is 0 Å². The molecule has 0 amide bonds. The smallest absolute Gasteiger partial charge is 0.345 e. The summed E-state index contributed by atoms with van der Waals surface area (Å²) in [5.41, 5.74) is 3.51. The zero-order chi connectivity index (χ0) is 19.4. The minimum atomic E-state index is -0.940. The second kappa shape index (κ2) is 6.37. The van der Waals surface area contributed by atoms with Crippen molar-refractivity contribution in [2.24, 2.45) is 0 Å². The number of fused-ring (bicyclic) bond motifs is 2. The first-order valence-corrected chi connectivity index (χ1v) is 10.3. The molecule has 0 bridgehead atoms. The van der Waals surface area contributed by atoms with Crippen molar-refractivity contribution >= 4 is 55.3 Å². The number of carboxylic acids is 1. The van der Waals surface area contributed by atoms with Gasteiger partial charge >= 0.3 is 5.97 Å². The highest BCUT2D eigenvalue weighted by atomic mass is 35.5. The molecule has 0 aliphatic carbocycles. The van der Waals surface area contributed by atoms with Crippen LogP contribution >= 0.6 is 34.3 Å². The average Bonchev–Trinajstić information content (AvgIpc) is 3.38. The molecule has 5 rings (SSSR count). The van der Waals surface area contributed by atoms with Gasteiger partial charge in [0.1, 0.15) is 21.8 Å². The Morgan fingerprint density at radius 1 is 1.25 bits per heavy atom. The Bertz CT molecular complexity index is 1360. The number of phenolic OH excluding ortho intramolecular Hbond substituents is 1. The Hall–Kier alpha value is -2.81. The van der Waals surface area contributed by atoms with Crippen molar-refractivity contribution in [3.8, 4) is 17.0 Å². The summed E-state index contributed by atoms with van der Waals surface area (Å²) in [6.07, 6.45) is 3.58. The SMILES string of the molecule is O=C(O)c1cc2c(cc(-c3ccc(O)cc3Cl)n2Cc2csc3cncn23)s1. The number of hydrogen-bond donors (Lipinski definition) is 2. The number of phenols is 1. The number of imidazole rings is 1. The predicted octanol–water partition coefficient (Wildman–Crippen LogP) is 5.18. The normalized spacial score (nSPS) is 11.6. The number of carbonyl (C=O) groups is 1. The summed E-state index contributed by atoms with van der Waals surface area (Å²) < 4.78 is 4.94. The highest BCUT2D eigenvalue weighted by molar-refractivity contribution is 7.20. The van der Waals surface area contributed by atoms with E-state index in [1.165, 1.54) is 17.4 Å². The number of aromatic carboxylic acids is 1. The van der Waals surface area contributed by atoms with Crippen molar-refractivity contribution < 1.29 is 15.0 Å². The molecule has 28 heavy (non-hydrogen) atoms. The lowest BCUT2D eigenvalue weighted by atomic mass is 10.1. The van der Waals surface area contributed by atoms with Gasteiger partial charge in [0.05, 0.1) is 39.4 Å². The van der Waals surface area contributed by atoms with E-state index in [9.17, 15) is 15.0 Å². The number of rotatable bonds is 4. The van der Waals surface area contributed by atoms with Gasteiger partial charge in [0.15, 0.2) is 0 Å². The third-order valence-electron chi connectivity index (χ3n) is 4.58.